The molecule has 6 heteroatoms. The third-order valence-corrected chi connectivity index (χ3v) is 2.89. The summed E-state index contributed by atoms with van der Waals surface area (Å²) in [5.74, 6) is -0.433. The SMILES string of the molecule is COCC(=O)Nc1ccc(NC(=O)COC)c(C)c1C. The van der Waals surface area contributed by atoms with Gasteiger partial charge in [0.2, 0.25) is 11.8 Å². The summed E-state index contributed by atoms with van der Waals surface area (Å²) in [6.45, 7) is 3.77. The van der Waals surface area contributed by atoms with E-state index in [1.54, 1.807) is 12.1 Å². The molecular formula is C14H20N2O4. The summed E-state index contributed by atoms with van der Waals surface area (Å²) in [6, 6.07) is 3.50. The molecule has 2 amide bonds. The van der Waals surface area contributed by atoms with Crippen molar-refractivity contribution in [1.82, 2.24) is 0 Å². The number of hydrogen-bond acceptors (Lipinski definition) is 4. The Labute approximate surface area is 118 Å². The van der Waals surface area contributed by atoms with Gasteiger partial charge in [-0.2, -0.15) is 0 Å². The van der Waals surface area contributed by atoms with Crippen molar-refractivity contribution >= 4 is 23.2 Å². The molecule has 20 heavy (non-hydrogen) atoms. The van der Waals surface area contributed by atoms with Crippen LogP contribution in [0, 0.1) is 13.8 Å². The molecule has 0 aliphatic rings. The second-order valence-corrected chi connectivity index (χ2v) is 4.37. The largest absolute Gasteiger partial charge is 0.375 e. The van der Waals surface area contributed by atoms with Gasteiger partial charge in [-0.25, -0.2) is 0 Å². The maximum atomic E-state index is 11.5. The fraction of sp³-hybridized carbons (Fsp3) is 0.429. The summed E-state index contributed by atoms with van der Waals surface area (Å²) in [5, 5.41) is 5.51. The lowest BCUT2D eigenvalue weighted by Crippen LogP contribution is -2.20. The van der Waals surface area contributed by atoms with Crippen molar-refractivity contribution in [2.75, 3.05) is 38.1 Å². The Kier molecular flexibility index (Phi) is 6.14. The zero-order chi connectivity index (χ0) is 15.1. The summed E-state index contributed by atoms with van der Waals surface area (Å²) < 4.78 is 9.53. The number of ether oxygens (including phenoxy) is 2. The Morgan fingerprint density at radius 2 is 1.25 bits per heavy atom. The van der Waals surface area contributed by atoms with Crippen LogP contribution in [0.4, 0.5) is 11.4 Å². The molecule has 1 aromatic rings. The second-order valence-electron chi connectivity index (χ2n) is 4.37. The van der Waals surface area contributed by atoms with Gasteiger partial charge in [-0.1, -0.05) is 0 Å². The van der Waals surface area contributed by atoms with Crippen molar-refractivity contribution in [3.8, 4) is 0 Å². The van der Waals surface area contributed by atoms with E-state index in [1.807, 2.05) is 13.8 Å². The highest BCUT2D eigenvalue weighted by atomic mass is 16.5. The molecule has 0 fully saturated rings. The number of carbonyl (C=O) groups is 2. The van der Waals surface area contributed by atoms with Crippen LogP contribution in [-0.4, -0.2) is 39.2 Å². The number of nitrogens with one attached hydrogen (secondary N) is 2. The normalized spacial score (nSPS) is 10.2. The van der Waals surface area contributed by atoms with E-state index in [4.69, 9.17) is 9.47 Å². The van der Waals surface area contributed by atoms with Crippen molar-refractivity contribution in [3.05, 3.63) is 23.3 Å². The highest BCUT2D eigenvalue weighted by Gasteiger charge is 2.10. The molecule has 0 saturated carbocycles. The van der Waals surface area contributed by atoms with E-state index in [2.05, 4.69) is 10.6 Å². The topological polar surface area (TPSA) is 76.7 Å². The van der Waals surface area contributed by atoms with Gasteiger partial charge in [0, 0.05) is 25.6 Å². The fourth-order valence-electron chi connectivity index (χ4n) is 1.73. The van der Waals surface area contributed by atoms with Crippen molar-refractivity contribution in [1.29, 1.82) is 0 Å². The molecular weight excluding hydrogens is 260 g/mol. The first kappa shape index (κ1) is 16.1. The lowest BCUT2D eigenvalue weighted by atomic mass is 10.1. The van der Waals surface area contributed by atoms with Crippen LogP contribution in [0.5, 0.6) is 0 Å². The van der Waals surface area contributed by atoms with E-state index in [0.717, 1.165) is 11.1 Å². The average molecular weight is 280 g/mol. The third-order valence-electron chi connectivity index (χ3n) is 2.89. The van der Waals surface area contributed by atoms with Gasteiger partial charge in [0.25, 0.3) is 0 Å². The monoisotopic (exact) mass is 280 g/mol. The van der Waals surface area contributed by atoms with E-state index in [9.17, 15) is 9.59 Å². The molecule has 110 valence electrons. The minimum Gasteiger partial charge on any atom is -0.375 e. The molecule has 0 aromatic heterocycles. The molecule has 0 unspecified atom stereocenters. The summed E-state index contributed by atoms with van der Waals surface area (Å²) in [6.07, 6.45) is 0. The molecule has 6 nitrogen and oxygen atoms in total. The van der Waals surface area contributed by atoms with Gasteiger partial charge in [-0.3, -0.25) is 9.59 Å². The van der Waals surface area contributed by atoms with Gasteiger partial charge in [-0.15, -0.1) is 0 Å². The molecule has 0 heterocycles. The Morgan fingerprint density at radius 1 is 0.900 bits per heavy atom. The maximum Gasteiger partial charge on any atom is 0.250 e. The first-order chi connectivity index (χ1) is 9.49. The van der Waals surface area contributed by atoms with E-state index < -0.39 is 0 Å². The van der Waals surface area contributed by atoms with Gasteiger partial charge in [0.05, 0.1) is 0 Å². The molecule has 1 rings (SSSR count). The maximum absolute atomic E-state index is 11.5. The molecule has 0 atom stereocenters. The standard InChI is InChI=1S/C14H20N2O4/c1-9-10(2)12(16-14(18)8-20-4)6-5-11(9)15-13(17)7-19-3/h5-6H,7-8H2,1-4H3,(H,15,17)(H,16,18). The molecule has 0 radical (unpaired) electrons. The van der Waals surface area contributed by atoms with E-state index in [1.165, 1.54) is 14.2 Å². The van der Waals surface area contributed by atoms with E-state index in [0.29, 0.717) is 11.4 Å². The number of carbonyl (C=O) groups excluding carboxylic acids is 2. The molecule has 0 spiro atoms. The van der Waals surface area contributed by atoms with Gasteiger partial charge in [-0.05, 0) is 37.1 Å². The molecule has 0 saturated heterocycles. The zero-order valence-corrected chi connectivity index (χ0v) is 12.2. The van der Waals surface area contributed by atoms with E-state index in [-0.39, 0.29) is 25.0 Å². The van der Waals surface area contributed by atoms with Gasteiger partial charge in [0.1, 0.15) is 13.2 Å². The lowest BCUT2D eigenvalue weighted by Gasteiger charge is -2.15. The van der Waals surface area contributed by atoms with Crippen LogP contribution in [0.2, 0.25) is 0 Å². The van der Waals surface area contributed by atoms with Gasteiger partial charge in [0.15, 0.2) is 0 Å². The van der Waals surface area contributed by atoms with Gasteiger partial charge < -0.3 is 20.1 Å². The third kappa shape index (κ3) is 4.32. The number of rotatable bonds is 6. The first-order valence-electron chi connectivity index (χ1n) is 6.17. The zero-order valence-electron chi connectivity index (χ0n) is 12.2. The minimum absolute atomic E-state index is 0.00478. The van der Waals surface area contributed by atoms with Crippen molar-refractivity contribution in [3.63, 3.8) is 0 Å². The lowest BCUT2D eigenvalue weighted by molar-refractivity contribution is -0.120. The summed E-state index contributed by atoms with van der Waals surface area (Å²) in [7, 11) is 2.93. The summed E-state index contributed by atoms with van der Waals surface area (Å²) in [5.41, 5.74) is 3.19. The predicted molar refractivity (Wildman–Crippen MR) is 76.9 cm³/mol. The van der Waals surface area contributed by atoms with Crippen LogP contribution >= 0.6 is 0 Å². The summed E-state index contributed by atoms with van der Waals surface area (Å²) >= 11 is 0. The van der Waals surface area contributed by atoms with Crippen LogP contribution in [0.1, 0.15) is 11.1 Å². The fourth-order valence-corrected chi connectivity index (χ4v) is 1.73. The molecule has 0 bridgehead atoms. The molecule has 1 aromatic carbocycles. The Balaban J connectivity index is 2.86. The number of benzene rings is 1. The molecule has 0 aliphatic carbocycles. The van der Waals surface area contributed by atoms with Crippen LogP contribution in [-0.2, 0) is 19.1 Å². The first-order valence-corrected chi connectivity index (χ1v) is 6.17. The summed E-state index contributed by atoms with van der Waals surface area (Å²) in [4.78, 5) is 23.0. The Morgan fingerprint density at radius 3 is 1.55 bits per heavy atom. The second kappa shape index (κ2) is 7.62. The smallest absolute Gasteiger partial charge is 0.250 e. The van der Waals surface area contributed by atoms with Gasteiger partial charge >= 0.3 is 0 Å². The Hall–Kier alpha value is -1.92. The highest BCUT2D eigenvalue weighted by molar-refractivity contribution is 5.95. The van der Waals surface area contributed by atoms with Crippen LogP contribution in [0.25, 0.3) is 0 Å². The van der Waals surface area contributed by atoms with Crippen molar-refractivity contribution in [2.24, 2.45) is 0 Å². The quantitative estimate of drug-likeness (QED) is 0.827. The van der Waals surface area contributed by atoms with Crippen LogP contribution in [0.3, 0.4) is 0 Å². The predicted octanol–water partition coefficient (Wildman–Crippen LogP) is 1.47. The number of methoxy groups -OCH3 is 2. The number of anilines is 2. The minimum atomic E-state index is -0.217. The van der Waals surface area contributed by atoms with Crippen molar-refractivity contribution in [2.45, 2.75) is 13.8 Å². The highest BCUT2D eigenvalue weighted by Crippen LogP contribution is 2.25. The van der Waals surface area contributed by atoms with Crippen molar-refractivity contribution < 1.29 is 19.1 Å². The average Bonchev–Trinajstić information content (AvgIpc) is 2.39. The van der Waals surface area contributed by atoms with Crippen LogP contribution in [0.15, 0.2) is 12.1 Å². The number of hydrogen-bond donors (Lipinski definition) is 2. The number of amides is 2. The molecule has 2 N–H and O–H groups in total. The molecule has 0 aliphatic heterocycles. The Bertz CT molecular complexity index is 455. The van der Waals surface area contributed by atoms with Crippen LogP contribution < -0.4 is 10.6 Å². The van der Waals surface area contributed by atoms with E-state index >= 15 is 0 Å².